The first-order chi connectivity index (χ1) is 9.29. The molecule has 100 valence electrons. The van der Waals surface area contributed by atoms with E-state index >= 15 is 0 Å². The first-order valence-corrected chi connectivity index (χ1v) is 7.23. The van der Waals surface area contributed by atoms with Crippen LogP contribution in [0.5, 0.6) is 0 Å². The summed E-state index contributed by atoms with van der Waals surface area (Å²) in [6.45, 7) is 3.07. The van der Waals surface area contributed by atoms with Crippen molar-refractivity contribution in [1.29, 1.82) is 0 Å². The largest absolute Gasteiger partial charge is 0.328 e. The monoisotopic (exact) mass is 276 g/mol. The number of imidazole rings is 1. The Bertz CT molecular complexity index is 591. The van der Waals surface area contributed by atoms with Crippen LogP contribution in [0.4, 0.5) is 0 Å². The molecule has 2 aromatic rings. The summed E-state index contributed by atoms with van der Waals surface area (Å²) in [5.41, 5.74) is 3.21. The van der Waals surface area contributed by atoms with Gasteiger partial charge in [0.25, 0.3) is 0 Å². The number of fused-ring (bicyclic) bond motifs is 1. The Morgan fingerprint density at radius 2 is 2.11 bits per heavy atom. The number of aryl methyl sites for hydroxylation is 2. The Hall–Kier alpha value is -1.42. The van der Waals surface area contributed by atoms with Crippen molar-refractivity contribution >= 4 is 11.6 Å². The van der Waals surface area contributed by atoms with Gasteiger partial charge in [0.1, 0.15) is 10.8 Å². The highest BCUT2D eigenvalue weighted by Gasteiger charge is 2.18. The normalized spacial score (nSPS) is 14.4. The second-order valence-corrected chi connectivity index (χ2v) is 5.30. The molecule has 2 aromatic heterocycles. The molecule has 0 amide bonds. The summed E-state index contributed by atoms with van der Waals surface area (Å²) >= 11 is 6.31. The second kappa shape index (κ2) is 5.29. The summed E-state index contributed by atoms with van der Waals surface area (Å²) in [6, 6.07) is 0. The molecule has 3 rings (SSSR count). The van der Waals surface area contributed by atoms with Crippen LogP contribution in [-0.4, -0.2) is 19.5 Å². The summed E-state index contributed by atoms with van der Waals surface area (Å²) in [5.74, 6) is 0.705. The molecule has 19 heavy (non-hydrogen) atoms. The highest BCUT2D eigenvalue weighted by molar-refractivity contribution is 6.30. The van der Waals surface area contributed by atoms with Crippen LogP contribution >= 0.6 is 11.6 Å². The van der Waals surface area contributed by atoms with Crippen molar-refractivity contribution in [1.82, 2.24) is 19.5 Å². The zero-order valence-corrected chi connectivity index (χ0v) is 11.8. The maximum Gasteiger partial charge on any atom is 0.179 e. The topological polar surface area (TPSA) is 43.6 Å². The summed E-state index contributed by atoms with van der Waals surface area (Å²) in [4.78, 5) is 13.4. The van der Waals surface area contributed by atoms with E-state index in [0.29, 0.717) is 11.0 Å². The molecule has 0 unspecified atom stereocenters. The molecule has 0 saturated heterocycles. The smallest absolute Gasteiger partial charge is 0.179 e. The minimum absolute atomic E-state index is 0.615. The zero-order chi connectivity index (χ0) is 13.2. The van der Waals surface area contributed by atoms with Gasteiger partial charge in [-0.25, -0.2) is 15.0 Å². The lowest BCUT2D eigenvalue weighted by atomic mass is 9.97. The number of aromatic nitrogens is 4. The molecule has 4 nitrogen and oxygen atoms in total. The number of hydrogen-bond acceptors (Lipinski definition) is 3. The third-order valence-electron chi connectivity index (χ3n) is 3.54. The predicted molar refractivity (Wildman–Crippen MR) is 75.2 cm³/mol. The molecule has 1 aliphatic rings. The zero-order valence-electron chi connectivity index (χ0n) is 11.1. The van der Waals surface area contributed by atoms with Crippen LogP contribution in [0.2, 0.25) is 5.15 Å². The fraction of sp³-hybridized carbons (Fsp3) is 0.500. The molecule has 0 bridgehead atoms. The molecule has 0 spiro atoms. The lowest BCUT2D eigenvalue weighted by molar-refractivity contribution is 0.658. The molecule has 0 aromatic carbocycles. The van der Waals surface area contributed by atoms with Gasteiger partial charge in [0.15, 0.2) is 5.82 Å². The van der Waals surface area contributed by atoms with Crippen LogP contribution in [0.25, 0.3) is 11.5 Å². The quantitative estimate of drug-likeness (QED) is 0.808. The van der Waals surface area contributed by atoms with Gasteiger partial charge >= 0.3 is 0 Å². The van der Waals surface area contributed by atoms with E-state index in [1.807, 2.05) is 12.5 Å². The van der Waals surface area contributed by atoms with Crippen LogP contribution in [0.1, 0.15) is 37.4 Å². The summed E-state index contributed by atoms with van der Waals surface area (Å²) < 4.78 is 2.08. The Balaban J connectivity index is 2.05. The van der Waals surface area contributed by atoms with E-state index in [-0.39, 0.29) is 0 Å². The number of nitrogens with zero attached hydrogens (tertiary/aromatic N) is 4. The van der Waals surface area contributed by atoms with Crippen LogP contribution in [0.3, 0.4) is 0 Å². The average molecular weight is 277 g/mol. The molecule has 0 atom stereocenters. The van der Waals surface area contributed by atoms with Gasteiger partial charge in [-0.3, -0.25) is 0 Å². The van der Waals surface area contributed by atoms with E-state index in [0.717, 1.165) is 42.8 Å². The van der Waals surface area contributed by atoms with E-state index in [1.54, 1.807) is 0 Å². The SMILES string of the molecule is CCCn1cncc1-c1nc(Cl)c2c(n1)CCCC2. The van der Waals surface area contributed by atoms with Crippen LogP contribution in [0, 0.1) is 0 Å². The van der Waals surface area contributed by atoms with Gasteiger partial charge < -0.3 is 4.57 Å². The van der Waals surface area contributed by atoms with Gasteiger partial charge in [-0.15, -0.1) is 0 Å². The molecular weight excluding hydrogens is 260 g/mol. The van der Waals surface area contributed by atoms with Gasteiger partial charge in [-0.1, -0.05) is 18.5 Å². The Labute approximate surface area is 117 Å². The standard InChI is InChI=1S/C14H17ClN4/c1-2-7-19-9-16-8-12(19)14-17-11-6-4-3-5-10(11)13(15)18-14/h8-9H,2-7H2,1H3. The number of hydrogen-bond donors (Lipinski definition) is 0. The van der Waals surface area contributed by atoms with Gasteiger partial charge in [0.2, 0.25) is 0 Å². The van der Waals surface area contributed by atoms with Crippen molar-refractivity contribution < 1.29 is 0 Å². The van der Waals surface area contributed by atoms with E-state index in [9.17, 15) is 0 Å². The van der Waals surface area contributed by atoms with Gasteiger partial charge in [0, 0.05) is 17.8 Å². The van der Waals surface area contributed by atoms with E-state index in [1.165, 1.54) is 12.8 Å². The molecule has 1 aliphatic carbocycles. The fourth-order valence-corrected chi connectivity index (χ4v) is 2.87. The lowest BCUT2D eigenvalue weighted by Crippen LogP contribution is -2.10. The van der Waals surface area contributed by atoms with Crippen LogP contribution < -0.4 is 0 Å². The minimum Gasteiger partial charge on any atom is -0.328 e. The van der Waals surface area contributed by atoms with E-state index in [4.69, 9.17) is 16.6 Å². The predicted octanol–water partition coefficient (Wildman–Crippen LogP) is 3.28. The second-order valence-electron chi connectivity index (χ2n) is 4.94. The lowest BCUT2D eigenvalue weighted by Gasteiger charge is -2.16. The Morgan fingerprint density at radius 3 is 2.95 bits per heavy atom. The van der Waals surface area contributed by atoms with Crippen LogP contribution in [0.15, 0.2) is 12.5 Å². The molecule has 0 fully saturated rings. The Kier molecular flexibility index (Phi) is 3.51. The van der Waals surface area contributed by atoms with Crippen molar-refractivity contribution in [2.45, 2.75) is 45.6 Å². The van der Waals surface area contributed by atoms with Gasteiger partial charge in [0.05, 0.1) is 12.5 Å². The summed E-state index contributed by atoms with van der Waals surface area (Å²) in [6.07, 6.45) is 9.08. The minimum atomic E-state index is 0.615. The molecule has 0 aliphatic heterocycles. The Morgan fingerprint density at radius 1 is 1.26 bits per heavy atom. The van der Waals surface area contributed by atoms with Crippen molar-refractivity contribution in [3.63, 3.8) is 0 Å². The van der Waals surface area contributed by atoms with Crippen molar-refractivity contribution in [3.05, 3.63) is 28.9 Å². The fourth-order valence-electron chi connectivity index (χ4n) is 2.59. The molecule has 2 heterocycles. The highest BCUT2D eigenvalue weighted by Crippen LogP contribution is 2.28. The number of rotatable bonds is 3. The molecular formula is C14H17ClN4. The molecule has 0 N–H and O–H groups in total. The highest BCUT2D eigenvalue weighted by atomic mass is 35.5. The first-order valence-electron chi connectivity index (χ1n) is 6.85. The third kappa shape index (κ3) is 2.37. The summed E-state index contributed by atoms with van der Waals surface area (Å²) in [5, 5.41) is 0.615. The van der Waals surface area contributed by atoms with Crippen LogP contribution in [-0.2, 0) is 19.4 Å². The number of halogens is 1. The first kappa shape index (κ1) is 12.6. The van der Waals surface area contributed by atoms with Crippen molar-refractivity contribution in [2.75, 3.05) is 0 Å². The summed E-state index contributed by atoms with van der Waals surface area (Å²) in [7, 11) is 0. The maximum atomic E-state index is 6.31. The van der Waals surface area contributed by atoms with E-state index < -0.39 is 0 Å². The molecule has 0 radical (unpaired) electrons. The maximum absolute atomic E-state index is 6.31. The molecule has 5 heteroatoms. The average Bonchev–Trinajstić information content (AvgIpc) is 2.87. The van der Waals surface area contributed by atoms with Crippen molar-refractivity contribution in [2.24, 2.45) is 0 Å². The molecule has 0 saturated carbocycles. The third-order valence-corrected chi connectivity index (χ3v) is 3.85. The van der Waals surface area contributed by atoms with Gasteiger partial charge in [-0.05, 0) is 32.1 Å². The van der Waals surface area contributed by atoms with Crippen molar-refractivity contribution in [3.8, 4) is 11.5 Å². The van der Waals surface area contributed by atoms with E-state index in [2.05, 4.69) is 21.5 Å². The van der Waals surface area contributed by atoms with Gasteiger partial charge in [-0.2, -0.15) is 0 Å².